The molecule has 1 aromatic heterocycles. The molecule has 1 aromatic carbocycles. The summed E-state index contributed by atoms with van der Waals surface area (Å²) in [5.74, 6) is 0.268. The predicted octanol–water partition coefficient (Wildman–Crippen LogP) is 2.71. The van der Waals surface area contributed by atoms with Crippen LogP contribution in [0.2, 0.25) is 5.02 Å². The molecule has 1 heterocycles. The highest BCUT2D eigenvalue weighted by Crippen LogP contribution is 2.20. The minimum Gasteiger partial charge on any atom is -0.358 e. The zero-order chi connectivity index (χ0) is 10.8. The van der Waals surface area contributed by atoms with E-state index in [2.05, 4.69) is 10.3 Å². The van der Waals surface area contributed by atoms with Gasteiger partial charge in [0.1, 0.15) is 5.82 Å². The molecule has 78 valence electrons. The maximum Gasteiger partial charge on any atom is 0.207 e. The minimum absolute atomic E-state index is 0.362. The van der Waals surface area contributed by atoms with E-state index in [1.54, 1.807) is 30.1 Å². The van der Waals surface area contributed by atoms with Crippen LogP contribution in [0.1, 0.15) is 0 Å². The monoisotopic (exact) mass is 225 g/mol. The predicted molar refractivity (Wildman–Crippen MR) is 58.1 cm³/mol. The first-order chi connectivity index (χ1) is 7.20. The second-order valence-corrected chi connectivity index (χ2v) is 3.43. The number of hydrogen-bond acceptors (Lipinski definition) is 2. The van der Waals surface area contributed by atoms with E-state index in [1.807, 2.05) is 0 Å². The van der Waals surface area contributed by atoms with Gasteiger partial charge in [0.2, 0.25) is 5.95 Å². The molecule has 0 bridgehead atoms. The number of aromatic nitrogens is 2. The quantitative estimate of drug-likeness (QED) is 0.852. The van der Waals surface area contributed by atoms with Gasteiger partial charge in [0.15, 0.2) is 0 Å². The van der Waals surface area contributed by atoms with Gasteiger partial charge < -0.3 is 5.32 Å². The number of benzene rings is 1. The van der Waals surface area contributed by atoms with Crippen molar-refractivity contribution >= 4 is 17.5 Å². The van der Waals surface area contributed by atoms with Crippen LogP contribution in [-0.2, 0) is 0 Å². The van der Waals surface area contributed by atoms with E-state index in [0.717, 1.165) is 0 Å². The molecule has 2 rings (SSSR count). The number of nitrogens with one attached hydrogen (secondary N) is 1. The van der Waals surface area contributed by atoms with E-state index in [-0.39, 0.29) is 5.82 Å². The van der Waals surface area contributed by atoms with Crippen molar-refractivity contribution in [1.29, 1.82) is 0 Å². The number of hydrogen-bond donors (Lipinski definition) is 1. The maximum atomic E-state index is 13.1. The van der Waals surface area contributed by atoms with E-state index >= 15 is 0 Å². The number of halogens is 2. The molecule has 2 aromatic rings. The van der Waals surface area contributed by atoms with Gasteiger partial charge in [-0.3, -0.25) is 4.57 Å². The average Bonchev–Trinajstić information content (AvgIpc) is 2.63. The van der Waals surface area contributed by atoms with Crippen LogP contribution in [0.3, 0.4) is 0 Å². The molecular weight excluding hydrogens is 217 g/mol. The Morgan fingerprint density at radius 1 is 1.40 bits per heavy atom. The third kappa shape index (κ3) is 1.94. The van der Waals surface area contributed by atoms with Crippen molar-refractivity contribution in [2.75, 3.05) is 12.4 Å². The molecule has 0 saturated heterocycles. The van der Waals surface area contributed by atoms with Gasteiger partial charge in [-0.2, -0.15) is 0 Å². The lowest BCUT2D eigenvalue weighted by atomic mass is 10.3. The number of anilines is 1. The van der Waals surface area contributed by atoms with Crippen molar-refractivity contribution in [2.24, 2.45) is 0 Å². The summed E-state index contributed by atoms with van der Waals surface area (Å²) in [6.45, 7) is 0. The fourth-order valence-electron chi connectivity index (χ4n) is 1.38. The number of nitrogens with zero attached hydrogens (tertiary/aromatic N) is 2. The van der Waals surface area contributed by atoms with Crippen molar-refractivity contribution in [1.82, 2.24) is 9.55 Å². The molecule has 5 heteroatoms. The largest absolute Gasteiger partial charge is 0.358 e. The van der Waals surface area contributed by atoms with Crippen LogP contribution in [-0.4, -0.2) is 16.6 Å². The Morgan fingerprint density at radius 3 is 2.87 bits per heavy atom. The SMILES string of the molecule is CNc1nccn1-c1cc(F)cc(Cl)c1. The zero-order valence-electron chi connectivity index (χ0n) is 8.04. The Kier molecular flexibility index (Phi) is 2.60. The molecule has 1 N–H and O–H groups in total. The van der Waals surface area contributed by atoms with Crippen LogP contribution in [0.15, 0.2) is 30.6 Å². The number of imidazole rings is 1. The van der Waals surface area contributed by atoms with E-state index in [0.29, 0.717) is 16.7 Å². The van der Waals surface area contributed by atoms with Crippen molar-refractivity contribution in [3.8, 4) is 5.69 Å². The Bertz CT molecular complexity index is 461. The molecule has 0 amide bonds. The molecule has 3 nitrogen and oxygen atoms in total. The van der Waals surface area contributed by atoms with Crippen LogP contribution in [0.5, 0.6) is 0 Å². The second-order valence-electron chi connectivity index (χ2n) is 3.00. The maximum absolute atomic E-state index is 13.1. The Balaban J connectivity index is 2.53. The third-order valence-electron chi connectivity index (χ3n) is 1.99. The van der Waals surface area contributed by atoms with Crippen LogP contribution >= 0.6 is 11.6 Å². The third-order valence-corrected chi connectivity index (χ3v) is 2.21. The van der Waals surface area contributed by atoms with Gasteiger partial charge in [-0.1, -0.05) is 11.6 Å². The summed E-state index contributed by atoms with van der Waals surface area (Å²) in [5.41, 5.74) is 0.641. The van der Waals surface area contributed by atoms with Crippen LogP contribution < -0.4 is 5.32 Å². The normalized spacial score (nSPS) is 10.3. The smallest absolute Gasteiger partial charge is 0.207 e. The lowest BCUT2D eigenvalue weighted by Crippen LogP contribution is -2.00. The second kappa shape index (κ2) is 3.90. The molecule has 0 aliphatic rings. The summed E-state index contributed by atoms with van der Waals surface area (Å²) in [7, 11) is 1.75. The Morgan fingerprint density at radius 2 is 2.20 bits per heavy atom. The highest BCUT2D eigenvalue weighted by atomic mass is 35.5. The molecule has 0 aliphatic carbocycles. The fourth-order valence-corrected chi connectivity index (χ4v) is 1.59. The van der Waals surface area contributed by atoms with Gasteiger partial charge in [-0.15, -0.1) is 0 Å². The van der Waals surface area contributed by atoms with Crippen molar-refractivity contribution < 1.29 is 4.39 Å². The molecule has 0 atom stereocenters. The van der Waals surface area contributed by atoms with E-state index in [4.69, 9.17) is 11.6 Å². The first-order valence-electron chi connectivity index (χ1n) is 4.38. The highest BCUT2D eigenvalue weighted by Gasteiger charge is 2.05. The summed E-state index contributed by atoms with van der Waals surface area (Å²) in [6.07, 6.45) is 3.36. The summed E-state index contributed by atoms with van der Waals surface area (Å²) >= 11 is 5.77. The zero-order valence-corrected chi connectivity index (χ0v) is 8.79. The van der Waals surface area contributed by atoms with E-state index in [9.17, 15) is 4.39 Å². The van der Waals surface area contributed by atoms with Gasteiger partial charge >= 0.3 is 0 Å². The molecule has 0 spiro atoms. The van der Waals surface area contributed by atoms with Gasteiger partial charge in [0.05, 0.1) is 5.69 Å². The van der Waals surface area contributed by atoms with Crippen LogP contribution in [0, 0.1) is 5.82 Å². The van der Waals surface area contributed by atoms with Gasteiger partial charge in [0.25, 0.3) is 0 Å². The molecule has 0 aliphatic heterocycles. The molecule has 0 fully saturated rings. The Labute approximate surface area is 91.5 Å². The van der Waals surface area contributed by atoms with Gasteiger partial charge in [-0.25, -0.2) is 9.37 Å². The summed E-state index contributed by atoms with van der Waals surface area (Å²) < 4.78 is 14.8. The summed E-state index contributed by atoms with van der Waals surface area (Å²) in [5, 5.41) is 3.26. The lowest BCUT2D eigenvalue weighted by Gasteiger charge is -2.07. The molecular formula is C10H9ClFN3. The Hall–Kier alpha value is -1.55. The molecule has 0 saturated carbocycles. The highest BCUT2D eigenvalue weighted by molar-refractivity contribution is 6.30. The topological polar surface area (TPSA) is 29.9 Å². The lowest BCUT2D eigenvalue weighted by molar-refractivity contribution is 0.627. The average molecular weight is 226 g/mol. The molecule has 0 unspecified atom stereocenters. The van der Waals surface area contributed by atoms with Gasteiger partial charge in [-0.05, 0) is 18.2 Å². The van der Waals surface area contributed by atoms with Crippen LogP contribution in [0.25, 0.3) is 5.69 Å². The van der Waals surface area contributed by atoms with E-state index in [1.165, 1.54) is 12.1 Å². The first kappa shape index (κ1) is 9.98. The van der Waals surface area contributed by atoms with Gasteiger partial charge in [0, 0.05) is 24.5 Å². The molecule has 0 radical (unpaired) electrons. The summed E-state index contributed by atoms with van der Waals surface area (Å²) in [4.78, 5) is 4.06. The van der Waals surface area contributed by atoms with E-state index < -0.39 is 0 Å². The van der Waals surface area contributed by atoms with Crippen molar-refractivity contribution in [3.05, 3.63) is 41.4 Å². The standard InChI is InChI=1S/C10H9ClFN3/c1-13-10-14-2-3-15(10)9-5-7(11)4-8(12)6-9/h2-6H,1H3,(H,13,14). The minimum atomic E-state index is -0.367. The number of rotatable bonds is 2. The van der Waals surface area contributed by atoms with Crippen LogP contribution in [0.4, 0.5) is 10.3 Å². The fraction of sp³-hybridized carbons (Fsp3) is 0.100. The summed E-state index contributed by atoms with van der Waals surface area (Å²) in [6, 6.07) is 4.34. The van der Waals surface area contributed by atoms with Crippen molar-refractivity contribution in [2.45, 2.75) is 0 Å². The van der Waals surface area contributed by atoms with Crippen molar-refractivity contribution in [3.63, 3.8) is 0 Å². The molecule has 15 heavy (non-hydrogen) atoms. The first-order valence-corrected chi connectivity index (χ1v) is 4.76.